The highest BCUT2D eigenvalue weighted by atomic mass is 16.3. The average Bonchev–Trinajstić information content (AvgIpc) is 2.30. The van der Waals surface area contributed by atoms with Crippen molar-refractivity contribution in [2.75, 3.05) is 18.0 Å². The minimum Gasteiger partial charge on any atom is -0.508 e. The summed E-state index contributed by atoms with van der Waals surface area (Å²) in [7, 11) is 0. The molecule has 0 aliphatic carbocycles. The number of piperidine rings is 1. The molecule has 1 aliphatic rings. The summed E-state index contributed by atoms with van der Waals surface area (Å²) < 4.78 is 0. The Labute approximate surface area is 88.5 Å². The van der Waals surface area contributed by atoms with Crippen molar-refractivity contribution in [2.45, 2.75) is 19.3 Å². The molecule has 1 fully saturated rings. The van der Waals surface area contributed by atoms with Crippen LogP contribution in [-0.4, -0.2) is 18.2 Å². The fourth-order valence-electron chi connectivity index (χ4n) is 1.98. The first kappa shape index (κ1) is 9.96. The highest BCUT2D eigenvalue weighted by Gasteiger charge is 2.15. The van der Waals surface area contributed by atoms with Crippen LogP contribution in [0.2, 0.25) is 0 Å². The van der Waals surface area contributed by atoms with E-state index in [0.29, 0.717) is 5.69 Å². The van der Waals surface area contributed by atoms with Crippen molar-refractivity contribution < 1.29 is 5.11 Å². The highest BCUT2D eigenvalue weighted by Crippen LogP contribution is 2.33. The Kier molecular flexibility index (Phi) is 2.85. The lowest BCUT2D eigenvalue weighted by molar-refractivity contribution is 0.474. The Morgan fingerprint density at radius 3 is 2.60 bits per heavy atom. The lowest BCUT2D eigenvalue weighted by Crippen LogP contribution is -2.29. The van der Waals surface area contributed by atoms with E-state index in [2.05, 4.69) is 10.1 Å². The summed E-state index contributed by atoms with van der Waals surface area (Å²) in [6.07, 6.45) is 3.50. The summed E-state index contributed by atoms with van der Waals surface area (Å²) in [4.78, 5) is 12.7. The Morgan fingerprint density at radius 1 is 1.20 bits per heavy atom. The number of aromatic hydroxyl groups is 1. The summed E-state index contributed by atoms with van der Waals surface area (Å²) in [6.45, 7) is 1.87. The second kappa shape index (κ2) is 4.29. The first-order chi connectivity index (χ1) is 7.31. The second-order valence-corrected chi connectivity index (χ2v) is 3.81. The maximum atomic E-state index is 10.6. The third kappa shape index (κ3) is 2.09. The van der Waals surface area contributed by atoms with E-state index in [4.69, 9.17) is 0 Å². The number of rotatable bonds is 2. The van der Waals surface area contributed by atoms with Crippen LogP contribution in [0.1, 0.15) is 19.3 Å². The SMILES string of the molecule is O=Nc1ccc(O)cc1N1CCCCC1. The van der Waals surface area contributed by atoms with Crippen LogP contribution in [0.4, 0.5) is 11.4 Å². The average molecular weight is 206 g/mol. The summed E-state index contributed by atoms with van der Waals surface area (Å²) >= 11 is 0. The van der Waals surface area contributed by atoms with Gasteiger partial charge in [-0.05, 0) is 36.6 Å². The number of nitrogens with zero attached hydrogens (tertiary/aromatic N) is 2. The van der Waals surface area contributed by atoms with E-state index >= 15 is 0 Å². The quantitative estimate of drug-likeness (QED) is 0.757. The van der Waals surface area contributed by atoms with Crippen molar-refractivity contribution in [1.29, 1.82) is 0 Å². The van der Waals surface area contributed by atoms with E-state index in [-0.39, 0.29) is 5.75 Å². The molecule has 1 saturated heterocycles. The van der Waals surface area contributed by atoms with Gasteiger partial charge < -0.3 is 10.0 Å². The monoisotopic (exact) mass is 206 g/mol. The Hall–Kier alpha value is -1.58. The van der Waals surface area contributed by atoms with E-state index in [1.807, 2.05) is 0 Å². The Bertz CT molecular complexity index is 360. The summed E-state index contributed by atoms with van der Waals surface area (Å²) in [6, 6.07) is 4.67. The van der Waals surface area contributed by atoms with Gasteiger partial charge >= 0.3 is 0 Å². The number of anilines is 1. The summed E-state index contributed by atoms with van der Waals surface area (Å²) in [5, 5.41) is 12.4. The normalized spacial score (nSPS) is 16.4. The molecule has 4 nitrogen and oxygen atoms in total. The van der Waals surface area contributed by atoms with E-state index < -0.39 is 0 Å². The Balaban J connectivity index is 2.31. The zero-order valence-corrected chi connectivity index (χ0v) is 8.52. The topological polar surface area (TPSA) is 52.9 Å². The fourth-order valence-corrected chi connectivity index (χ4v) is 1.98. The molecule has 1 aliphatic heterocycles. The molecule has 1 N–H and O–H groups in total. The van der Waals surface area contributed by atoms with Crippen molar-refractivity contribution in [2.24, 2.45) is 5.18 Å². The number of phenolic OH excluding ortho intramolecular Hbond substituents is 1. The van der Waals surface area contributed by atoms with Crippen molar-refractivity contribution in [3.05, 3.63) is 23.1 Å². The first-order valence-electron chi connectivity index (χ1n) is 5.22. The van der Waals surface area contributed by atoms with E-state index in [9.17, 15) is 10.0 Å². The van der Waals surface area contributed by atoms with Crippen LogP contribution >= 0.6 is 0 Å². The van der Waals surface area contributed by atoms with Crippen molar-refractivity contribution in [1.82, 2.24) is 0 Å². The molecule has 1 heterocycles. The van der Waals surface area contributed by atoms with Crippen molar-refractivity contribution >= 4 is 11.4 Å². The highest BCUT2D eigenvalue weighted by molar-refractivity contribution is 5.69. The van der Waals surface area contributed by atoms with Gasteiger partial charge in [0.2, 0.25) is 0 Å². The molecule has 2 rings (SSSR count). The van der Waals surface area contributed by atoms with E-state index in [1.165, 1.54) is 12.5 Å². The first-order valence-corrected chi connectivity index (χ1v) is 5.22. The molecule has 0 unspecified atom stereocenters. The predicted molar refractivity (Wildman–Crippen MR) is 59.6 cm³/mol. The molecule has 0 bridgehead atoms. The molecule has 4 heteroatoms. The van der Waals surface area contributed by atoms with Gasteiger partial charge in [0.05, 0.1) is 5.69 Å². The van der Waals surface area contributed by atoms with Crippen LogP contribution in [-0.2, 0) is 0 Å². The number of phenols is 1. The zero-order chi connectivity index (χ0) is 10.7. The molecular weight excluding hydrogens is 192 g/mol. The largest absolute Gasteiger partial charge is 0.508 e. The molecule has 0 spiro atoms. The molecule has 0 atom stereocenters. The third-order valence-electron chi connectivity index (χ3n) is 2.75. The third-order valence-corrected chi connectivity index (χ3v) is 2.75. The van der Waals surface area contributed by atoms with E-state index in [1.54, 1.807) is 12.1 Å². The van der Waals surface area contributed by atoms with Gasteiger partial charge in [0.1, 0.15) is 11.4 Å². The van der Waals surface area contributed by atoms with Crippen LogP contribution in [0, 0.1) is 4.91 Å². The van der Waals surface area contributed by atoms with Crippen molar-refractivity contribution in [3.8, 4) is 5.75 Å². The lowest BCUT2D eigenvalue weighted by atomic mass is 10.1. The molecule has 0 saturated carbocycles. The standard InChI is InChI=1S/C11H14N2O2/c14-9-4-5-10(12-15)11(8-9)13-6-2-1-3-7-13/h4-5,8,14H,1-3,6-7H2. The molecule has 1 aromatic rings. The number of nitroso groups, excluding NO2 is 1. The molecular formula is C11H14N2O2. The van der Waals surface area contributed by atoms with E-state index in [0.717, 1.165) is 31.6 Å². The lowest BCUT2D eigenvalue weighted by Gasteiger charge is -2.29. The molecule has 0 radical (unpaired) electrons. The predicted octanol–water partition coefficient (Wildman–Crippen LogP) is 2.78. The number of benzene rings is 1. The molecule has 15 heavy (non-hydrogen) atoms. The smallest absolute Gasteiger partial charge is 0.131 e. The minimum absolute atomic E-state index is 0.183. The van der Waals surface area contributed by atoms with Crippen molar-refractivity contribution in [3.63, 3.8) is 0 Å². The van der Waals surface area contributed by atoms with Crippen LogP contribution in [0.15, 0.2) is 23.4 Å². The zero-order valence-electron chi connectivity index (χ0n) is 8.52. The van der Waals surface area contributed by atoms with Gasteiger partial charge in [0, 0.05) is 19.2 Å². The fraction of sp³-hybridized carbons (Fsp3) is 0.455. The number of hydrogen-bond acceptors (Lipinski definition) is 4. The maximum absolute atomic E-state index is 10.6. The maximum Gasteiger partial charge on any atom is 0.131 e. The van der Waals surface area contributed by atoms with Gasteiger partial charge in [-0.1, -0.05) is 0 Å². The van der Waals surface area contributed by atoms with Crippen LogP contribution in [0.3, 0.4) is 0 Å². The number of hydrogen-bond donors (Lipinski definition) is 1. The van der Waals surface area contributed by atoms with Gasteiger partial charge in [-0.25, -0.2) is 0 Å². The molecule has 0 aromatic heterocycles. The van der Waals surface area contributed by atoms with Crippen LogP contribution in [0.5, 0.6) is 5.75 Å². The van der Waals surface area contributed by atoms with Crippen LogP contribution < -0.4 is 4.90 Å². The second-order valence-electron chi connectivity index (χ2n) is 3.81. The molecule has 0 amide bonds. The minimum atomic E-state index is 0.183. The van der Waals surface area contributed by atoms with Gasteiger partial charge in [0.25, 0.3) is 0 Å². The summed E-state index contributed by atoms with van der Waals surface area (Å²) in [5.41, 5.74) is 1.17. The van der Waals surface area contributed by atoms with Gasteiger partial charge in [-0.3, -0.25) is 0 Å². The van der Waals surface area contributed by atoms with Gasteiger partial charge in [0.15, 0.2) is 0 Å². The molecule has 1 aromatic carbocycles. The Morgan fingerprint density at radius 2 is 1.93 bits per heavy atom. The van der Waals surface area contributed by atoms with Crippen LogP contribution in [0.25, 0.3) is 0 Å². The molecule has 80 valence electrons. The van der Waals surface area contributed by atoms with Gasteiger partial charge in [-0.2, -0.15) is 0 Å². The van der Waals surface area contributed by atoms with Gasteiger partial charge in [-0.15, -0.1) is 4.91 Å². The summed E-state index contributed by atoms with van der Waals surface area (Å²) in [5.74, 6) is 0.183.